The lowest BCUT2D eigenvalue weighted by atomic mass is 9.87. The summed E-state index contributed by atoms with van der Waals surface area (Å²) >= 11 is 0. The van der Waals surface area contributed by atoms with Crippen molar-refractivity contribution in [2.45, 2.75) is 58.0 Å². The van der Waals surface area contributed by atoms with Crippen LogP contribution in [-0.4, -0.2) is 65.6 Å². The molecule has 5 rings (SSSR count). The molecule has 5 aromatic rings. The molecule has 0 saturated heterocycles. The molecule has 54 heavy (non-hydrogen) atoms. The first kappa shape index (κ1) is 40.2. The minimum Gasteiger partial charge on any atom is -0.493 e. The van der Waals surface area contributed by atoms with Crippen molar-refractivity contribution in [1.82, 2.24) is 9.97 Å². The van der Waals surface area contributed by atoms with Crippen LogP contribution in [0.2, 0.25) is 0 Å². The summed E-state index contributed by atoms with van der Waals surface area (Å²) in [5.41, 5.74) is 0.407. The van der Waals surface area contributed by atoms with Gasteiger partial charge in [0.2, 0.25) is 14.8 Å². The molecule has 13 heteroatoms. The number of methoxy groups -OCH3 is 1. The third-order valence-corrected chi connectivity index (χ3v) is 12.5. The van der Waals surface area contributed by atoms with Crippen molar-refractivity contribution in [2.24, 2.45) is 5.41 Å². The van der Waals surface area contributed by atoms with Crippen molar-refractivity contribution in [3.05, 3.63) is 115 Å². The summed E-state index contributed by atoms with van der Waals surface area (Å²) in [6.45, 7) is 11.8. The highest BCUT2D eigenvalue weighted by Gasteiger charge is 2.32. The lowest BCUT2D eigenvalue weighted by Crippen LogP contribution is -2.51. The van der Waals surface area contributed by atoms with Crippen LogP contribution < -0.4 is 34.0 Å². The van der Waals surface area contributed by atoms with E-state index in [1.807, 2.05) is 57.2 Å². The number of anilines is 1. The van der Waals surface area contributed by atoms with Gasteiger partial charge >= 0.3 is 6.01 Å². The average molecular weight is 772 g/mol. The highest BCUT2D eigenvalue weighted by atomic mass is 32.2. The number of hydrogen-bond donors (Lipinski definition) is 2. The van der Waals surface area contributed by atoms with Gasteiger partial charge in [0.15, 0.2) is 17.3 Å². The molecule has 0 amide bonds. The molecule has 0 spiro atoms. The first-order valence-electron chi connectivity index (χ1n) is 17.7. The van der Waals surface area contributed by atoms with Gasteiger partial charge < -0.3 is 28.5 Å². The van der Waals surface area contributed by atoms with Crippen LogP contribution in [-0.2, 0) is 19.9 Å². The number of rotatable bonds is 16. The Morgan fingerprint density at radius 2 is 1.33 bits per heavy atom. The van der Waals surface area contributed by atoms with Crippen LogP contribution in [0.1, 0.15) is 47.1 Å². The highest BCUT2D eigenvalue weighted by molar-refractivity contribution is 7.92. The molecule has 0 saturated carbocycles. The summed E-state index contributed by atoms with van der Waals surface area (Å²) in [7, 11) is -4.94. The Morgan fingerprint density at radius 3 is 1.87 bits per heavy atom. The molecule has 286 valence electrons. The molecule has 0 radical (unpaired) electrons. The van der Waals surface area contributed by atoms with Gasteiger partial charge in [-0.2, -0.15) is 9.97 Å². The molecule has 1 heterocycles. The zero-order valence-electron chi connectivity index (χ0n) is 31.8. The smallest absolute Gasteiger partial charge is 0.322 e. The molecule has 0 fully saturated rings. The van der Waals surface area contributed by atoms with Crippen molar-refractivity contribution in [3.8, 4) is 29.1 Å². The molecular formula is C41H49N3O8SSi. The van der Waals surface area contributed by atoms with Crippen LogP contribution in [0, 0.1) is 5.41 Å². The Labute approximate surface area is 320 Å². The maximum absolute atomic E-state index is 13.9. The van der Waals surface area contributed by atoms with Crippen LogP contribution >= 0.6 is 0 Å². The molecule has 0 aliphatic rings. The van der Waals surface area contributed by atoms with Crippen LogP contribution in [0.4, 0.5) is 5.82 Å². The predicted molar refractivity (Wildman–Crippen MR) is 213 cm³/mol. The van der Waals surface area contributed by atoms with Gasteiger partial charge in [0.05, 0.1) is 24.7 Å². The van der Waals surface area contributed by atoms with Crippen molar-refractivity contribution < 1.29 is 36.9 Å². The Kier molecular flexibility index (Phi) is 13.0. The van der Waals surface area contributed by atoms with Gasteiger partial charge in [-0.05, 0) is 51.0 Å². The third kappa shape index (κ3) is 10.4. The molecule has 1 atom stereocenters. The number of sulfonamides is 1. The number of aliphatic hydroxyl groups is 1. The Hall–Kier alpha value is -4.95. The van der Waals surface area contributed by atoms with Gasteiger partial charge in [-0.15, -0.1) is 0 Å². The van der Waals surface area contributed by atoms with Crippen LogP contribution in [0.25, 0.3) is 0 Å². The molecule has 0 aliphatic heterocycles. The van der Waals surface area contributed by atoms with Crippen LogP contribution in [0.15, 0.2) is 114 Å². The van der Waals surface area contributed by atoms with E-state index in [2.05, 4.69) is 59.7 Å². The van der Waals surface area contributed by atoms with E-state index < -0.39 is 25.2 Å². The maximum Gasteiger partial charge on any atom is 0.322 e. The molecule has 0 bridgehead atoms. The third-order valence-electron chi connectivity index (χ3n) is 8.52. The Morgan fingerprint density at radius 1 is 0.759 bits per heavy atom. The van der Waals surface area contributed by atoms with Crippen molar-refractivity contribution in [3.63, 3.8) is 0 Å². The molecule has 1 unspecified atom stereocenters. The minimum atomic E-state index is -4.22. The average Bonchev–Trinajstić information content (AvgIpc) is 3.15. The molecule has 11 nitrogen and oxygen atoms in total. The van der Waals surface area contributed by atoms with Crippen molar-refractivity contribution in [2.75, 3.05) is 31.7 Å². The zero-order valence-corrected chi connectivity index (χ0v) is 33.7. The number of aliphatic hydroxyl groups excluding tert-OH is 1. The number of aromatic nitrogens is 2. The van der Waals surface area contributed by atoms with Gasteiger partial charge in [0, 0.05) is 0 Å². The van der Waals surface area contributed by atoms with Crippen molar-refractivity contribution >= 4 is 35.3 Å². The molecule has 2 N–H and O–H groups in total. The number of nitrogens with one attached hydrogen (secondary N) is 1. The lowest BCUT2D eigenvalue weighted by Gasteiger charge is -2.34. The second-order valence-electron chi connectivity index (χ2n) is 14.7. The summed E-state index contributed by atoms with van der Waals surface area (Å²) in [5.74, 6) is 0.0698. The predicted octanol–water partition coefficient (Wildman–Crippen LogP) is 6.10. The number of hydrogen-bond acceptors (Lipinski definition) is 10. The first-order valence-corrected chi connectivity index (χ1v) is 20.8. The highest BCUT2D eigenvalue weighted by Crippen LogP contribution is 2.41. The summed E-state index contributed by atoms with van der Waals surface area (Å²) < 4.78 is 61.2. The minimum absolute atomic E-state index is 0.0108. The Bertz CT molecular complexity index is 2030. The van der Waals surface area contributed by atoms with E-state index in [4.69, 9.17) is 23.4 Å². The fourth-order valence-electron chi connectivity index (χ4n) is 5.42. The normalized spacial score (nSPS) is 12.6. The van der Waals surface area contributed by atoms with Gasteiger partial charge in [0.25, 0.3) is 15.9 Å². The van der Waals surface area contributed by atoms with Crippen LogP contribution in [0.5, 0.6) is 29.1 Å². The molecule has 4 aromatic carbocycles. The van der Waals surface area contributed by atoms with Gasteiger partial charge in [-0.25, -0.2) is 8.42 Å². The molecule has 1 aromatic heterocycles. The molecular weight excluding hydrogens is 723 g/mol. The SMILES string of the molecule is COc1ccccc1Oc1c(NS(=O)(=O)c2ccc(C(C)(C)C)cc2)nc(OCC(O[SiH](c2ccccc2)c2ccccc2)C(C)(C)C)nc1OCCO. The van der Waals surface area contributed by atoms with Crippen LogP contribution in [0.3, 0.4) is 0 Å². The first-order chi connectivity index (χ1) is 25.7. The van der Waals surface area contributed by atoms with E-state index in [1.54, 1.807) is 36.4 Å². The quantitative estimate of drug-likeness (QED) is 0.113. The summed E-state index contributed by atoms with van der Waals surface area (Å²) in [4.78, 5) is 9.05. The fraction of sp³-hybridized carbons (Fsp3) is 0.317. The van der Waals surface area contributed by atoms with E-state index in [0.717, 1.165) is 15.9 Å². The van der Waals surface area contributed by atoms with E-state index in [1.165, 1.54) is 19.2 Å². The fourth-order valence-corrected chi connectivity index (χ4v) is 9.09. The van der Waals surface area contributed by atoms with E-state index >= 15 is 0 Å². The zero-order chi connectivity index (χ0) is 38.9. The molecule has 0 aliphatic carbocycles. The second-order valence-corrected chi connectivity index (χ2v) is 18.7. The number of nitrogens with zero attached hydrogens (tertiary/aromatic N) is 2. The van der Waals surface area contributed by atoms with Crippen molar-refractivity contribution in [1.29, 1.82) is 0 Å². The maximum atomic E-state index is 13.9. The van der Waals surface area contributed by atoms with Gasteiger partial charge in [-0.1, -0.05) is 126 Å². The second kappa shape index (κ2) is 17.5. The monoisotopic (exact) mass is 771 g/mol. The number of ether oxygens (including phenoxy) is 4. The lowest BCUT2D eigenvalue weighted by molar-refractivity contribution is 0.0399. The Balaban J connectivity index is 1.54. The van der Waals surface area contributed by atoms with Gasteiger partial charge in [0.1, 0.15) is 13.2 Å². The standard InChI is InChI=1S/C41H49N3O8SSi/c1-40(2,3)29-22-24-30(25-23-29)53(46,47)44-37-36(51-34-21-15-14-20-33(34)48-7)38(49-27-26-45)43-39(42-37)50-28-35(41(4,5)6)52-54(31-16-10-8-11-17-31)32-18-12-9-13-19-32/h8-25,35,45,54H,26-28H2,1-7H3,(H,42,43,44). The number of para-hydroxylation sites is 2. The van der Waals surface area contributed by atoms with E-state index in [9.17, 15) is 13.5 Å². The van der Waals surface area contributed by atoms with Gasteiger partial charge in [-0.3, -0.25) is 4.72 Å². The summed E-state index contributed by atoms with van der Waals surface area (Å²) in [6, 6.07) is 33.6. The summed E-state index contributed by atoms with van der Waals surface area (Å²) in [6.07, 6.45) is -0.439. The van der Waals surface area contributed by atoms with E-state index in [0.29, 0.717) is 5.75 Å². The topological polar surface area (TPSA) is 138 Å². The largest absolute Gasteiger partial charge is 0.493 e. The summed E-state index contributed by atoms with van der Waals surface area (Å²) in [5, 5.41) is 11.9. The number of benzene rings is 4. The van der Waals surface area contributed by atoms with E-state index in [-0.39, 0.29) is 64.8 Å².